The molecular weight excluding hydrogens is 308 g/mol. The van der Waals surface area contributed by atoms with E-state index in [9.17, 15) is 9.59 Å². The second kappa shape index (κ2) is 5.65. The molecule has 1 fully saturated rings. The molecule has 0 aromatic carbocycles. The maximum absolute atomic E-state index is 12.3. The minimum atomic E-state index is -0.155. The smallest absolute Gasteiger partial charge is 0.268 e. The SMILES string of the molecule is Cc1c(C)c(=O)n(CC2(CBr)CCCCC2)[nH]c1=O. The van der Waals surface area contributed by atoms with Crippen molar-refractivity contribution in [2.75, 3.05) is 5.33 Å². The molecule has 1 aromatic heterocycles. The van der Waals surface area contributed by atoms with E-state index in [0.717, 1.165) is 18.2 Å². The molecule has 1 aliphatic carbocycles. The third-order valence-corrected chi connectivity index (χ3v) is 5.59. The average molecular weight is 329 g/mol. The standard InChI is InChI=1S/C14H21BrN2O2/c1-10-11(2)13(19)17(16-12(10)18)9-14(8-15)6-4-3-5-7-14/h3-9H2,1-2H3,(H,16,18). The third-order valence-electron chi connectivity index (χ3n) is 4.40. The summed E-state index contributed by atoms with van der Waals surface area (Å²) in [6.07, 6.45) is 5.90. The van der Waals surface area contributed by atoms with Gasteiger partial charge >= 0.3 is 0 Å². The first kappa shape index (κ1) is 14.6. The maximum atomic E-state index is 12.3. The van der Waals surface area contributed by atoms with Crippen LogP contribution in [0.2, 0.25) is 0 Å². The summed E-state index contributed by atoms with van der Waals surface area (Å²) in [4.78, 5) is 24.1. The van der Waals surface area contributed by atoms with E-state index in [0.29, 0.717) is 17.7 Å². The number of rotatable bonds is 3. The number of halogens is 1. The molecular formula is C14H21BrN2O2. The van der Waals surface area contributed by atoms with Crippen molar-refractivity contribution in [2.45, 2.75) is 52.5 Å². The van der Waals surface area contributed by atoms with Crippen LogP contribution in [0.3, 0.4) is 0 Å². The lowest BCUT2D eigenvalue weighted by Crippen LogP contribution is -2.40. The Morgan fingerprint density at radius 1 is 1.16 bits per heavy atom. The average Bonchev–Trinajstić information content (AvgIpc) is 2.43. The summed E-state index contributed by atoms with van der Waals surface area (Å²) in [7, 11) is 0. The molecule has 0 saturated heterocycles. The first-order chi connectivity index (χ1) is 8.99. The fourth-order valence-corrected chi connectivity index (χ4v) is 3.61. The van der Waals surface area contributed by atoms with Gasteiger partial charge in [0.05, 0.1) is 0 Å². The van der Waals surface area contributed by atoms with Gasteiger partial charge in [-0.15, -0.1) is 0 Å². The zero-order valence-electron chi connectivity index (χ0n) is 11.6. The van der Waals surface area contributed by atoms with Crippen LogP contribution in [0.25, 0.3) is 0 Å². The van der Waals surface area contributed by atoms with Crippen LogP contribution in [0, 0.1) is 19.3 Å². The van der Waals surface area contributed by atoms with Gasteiger partial charge in [-0.25, -0.2) is 4.68 Å². The highest BCUT2D eigenvalue weighted by atomic mass is 79.9. The molecule has 106 valence electrons. The van der Waals surface area contributed by atoms with Gasteiger partial charge in [-0.3, -0.25) is 14.7 Å². The van der Waals surface area contributed by atoms with Gasteiger partial charge in [0.1, 0.15) is 0 Å². The van der Waals surface area contributed by atoms with Crippen LogP contribution in [0.4, 0.5) is 0 Å². The van der Waals surface area contributed by atoms with Gasteiger partial charge in [0, 0.05) is 23.0 Å². The Kier molecular flexibility index (Phi) is 4.33. The van der Waals surface area contributed by atoms with Crippen LogP contribution in [0.15, 0.2) is 9.59 Å². The first-order valence-corrected chi connectivity index (χ1v) is 7.97. The number of aromatic amines is 1. The van der Waals surface area contributed by atoms with Gasteiger partial charge in [-0.2, -0.15) is 0 Å². The molecule has 0 spiro atoms. The molecule has 0 amide bonds. The fraction of sp³-hybridized carbons (Fsp3) is 0.714. The van der Waals surface area contributed by atoms with Crippen molar-refractivity contribution >= 4 is 15.9 Å². The number of hydrogen-bond donors (Lipinski definition) is 1. The largest absolute Gasteiger partial charge is 0.268 e. The molecule has 0 unspecified atom stereocenters. The summed E-state index contributed by atoms with van der Waals surface area (Å²) < 4.78 is 1.51. The van der Waals surface area contributed by atoms with Gasteiger partial charge in [0.15, 0.2) is 0 Å². The van der Waals surface area contributed by atoms with Crippen molar-refractivity contribution in [3.05, 3.63) is 31.8 Å². The highest BCUT2D eigenvalue weighted by Crippen LogP contribution is 2.38. The van der Waals surface area contributed by atoms with Crippen molar-refractivity contribution in [2.24, 2.45) is 5.41 Å². The van der Waals surface area contributed by atoms with E-state index in [1.165, 1.54) is 23.9 Å². The quantitative estimate of drug-likeness (QED) is 0.867. The highest BCUT2D eigenvalue weighted by molar-refractivity contribution is 9.09. The molecule has 1 heterocycles. The van der Waals surface area contributed by atoms with Crippen molar-refractivity contribution in [1.29, 1.82) is 0 Å². The molecule has 19 heavy (non-hydrogen) atoms. The molecule has 1 aliphatic rings. The molecule has 1 aromatic rings. The van der Waals surface area contributed by atoms with Crippen LogP contribution in [-0.4, -0.2) is 15.1 Å². The normalized spacial score (nSPS) is 18.5. The Hall–Kier alpha value is -0.840. The topological polar surface area (TPSA) is 54.9 Å². The third kappa shape index (κ3) is 2.86. The minimum Gasteiger partial charge on any atom is -0.268 e. The Morgan fingerprint density at radius 3 is 2.37 bits per heavy atom. The van der Waals surface area contributed by atoms with Gasteiger partial charge in [-0.05, 0) is 32.1 Å². The van der Waals surface area contributed by atoms with E-state index < -0.39 is 0 Å². The molecule has 5 heteroatoms. The monoisotopic (exact) mass is 328 g/mol. The van der Waals surface area contributed by atoms with Crippen molar-refractivity contribution in [1.82, 2.24) is 9.78 Å². The molecule has 1 N–H and O–H groups in total. The Morgan fingerprint density at radius 2 is 1.79 bits per heavy atom. The molecule has 0 atom stereocenters. The van der Waals surface area contributed by atoms with Crippen LogP contribution in [-0.2, 0) is 6.54 Å². The number of nitrogens with one attached hydrogen (secondary N) is 1. The predicted octanol–water partition coefficient (Wildman–Crippen LogP) is 2.50. The fourth-order valence-electron chi connectivity index (χ4n) is 2.87. The van der Waals surface area contributed by atoms with Crippen LogP contribution in [0.5, 0.6) is 0 Å². The van der Waals surface area contributed by atoms with Crippen molar-refractivity contribution < 1.29 is 0 Å². The van der Waals surface area contributed by atoms with E-state index in [1.807, 2.05) is 0 Å². The van der Waals surface area contributed by atoms with Crippen molar-refractivity contribution in [3.8, 4) is 0 Å². The Balaban J connectivity index is 2.38. The predicted molar refractivity (Wildman–Crippen MR) is 80.1 cm³/mol. The van der Waals surface area contributed by atoms with Crippen LogP contribution >= 0.6 is 15.9 Å². The maximum Gasteiger partial charge on any atom is 0.268 e. The van der Waals surface area contributed by atoms with Gasteiger partial charge in [0.2, 0.25) is 0 Å². The number of hydrogen-bond acceptors (Lipinski definition) is 2. The summed E-state index contributed by atoms with van der Waals surface area (Å²) in [6, 6.07) is 0. The number of aromatic nitrogens is 2. The van der Waals surface area contributed by atoms with E-state index in [1.54, 1.807) is 13.8 Å². The van der Waals surface area contributed by atoms with Crippen LogP contribution in [0.1, 0.15) is 43.2 Å². The molecule has 0 radical (unpaired) electrons. The zero-order chi connectivity index (χ0) is 14.0. The van der Waals surface area contributed by atoms with Crippen LogP contribution < -0.4 is 11.1 Å². The van der Waals surface area contributed by atoms with E-state index in [2.05, 4.69) is 21.0 Å². The lowest BCUT2D eigenvalue weighted by atomic mass is 9.75. The molecule has 4 nitrogen and oxygen atoms in total. The number of nitrogens with zero attached hydrogens (tertiary/aromatic N) is 1. The molecule has 2 rings (SSSR count). The van der Waals surface area contributed by atoms with E-state index >= 15 is 0 Å². The zero-order valence-corrected chi connectivity index (χ0v) is 13.2. The number of alkyl halides is 1. The van der Waals surface area contributed by atoms with E-state index in [4.69, 9.17) is 0 Å². The second-order valence-corrected chi connectivity index (χ2v) is 6.34. The summed E-state index contributed by atoms with van der Waals surface area (Å²) in [5.74, 6) is 0. The summed E-state index contributed by atoms with van der Waals surface area (Å²) in [5.41, 5.74) is 0.967. The molecule has 1 saturated carbocycles. The number of H-pyrrole nitrogens is 1. The van der Waals surface area contributed by atoms with Gasteiger partial charge in [0.25, 0.3) is 11.1 Å². The minimum absolute atomic E-state index is 0.0667. The van der Waals surface area contributed by atoms with Gasteiger partial charge in [-0.1, -0.05) is 35.2 Å². The van der Waals surface area contributed by atoms with E-state index in [-0.39, 0.29) is 16.5 Å². The van der Waals surface area contributed by atoms with Gasteiger partial charge < -0.3 is 0 Å². The first-order valence-electron chi connectivity index (χ1n) is 6.85. The summed E-state index contributed by atoms with van der Waals surface area (Å²) >= 11 is 3.59. The lowest BCUT2D eigenvalue weighted by Gasteiger charge is -2.36. The Bertz CT molecular complexity index is 568. The summed E-state index contributed by atoms with van der Waals surface area (Å²) in [6.45, 7) is 4.03. The molecule has 0 bridgehead atoms. The lowest BCUT2D eigenvalue weighted by molar-refractivity contribution is 0.179. The Labute approximate surface area is 121 Å². The highest BCUT2D eigenvalue weighted by Gasteiger charge is 2.32. The van der Waals surface area contributed by atoms with Crippen molar-refractivity contribution in [3.63, 3.8) is 0 Å². The second-order valence-electron chi connectivity index (χ2n) is 5.78. The summed E-state index contributed by atoms with van der Waals surface area (Å²) in [5, 5.41) is 3.60. The molecule has 0 aliphatic heterocycles.